The predicted molar refractivity (Wildman–Crippen MR) is 76.4 cm³/mol. The number of rotatable bonds is 7. The SMILES string of the molecule is CCC(COC)NCc1ccccc1-n1cccn1. The highest BCUT2D eigenvalue weighted by Crippen LogP contribution is 2.13. The van der Waals surface area contributed by atoms with Crippen LogP contribution in [0.1, 0.15) is 18.9 Å². The molecule has 0 aliphatic carbocycles. The molecule has 0 radical (unpaired) electrons. The number of ether oxygens (including phenoxy) is 1. The molecule has 4 heteroatoms. The van der Waals surface area contributed by atoms with E-state index >= 15 is 0 Å². The van der Waals surface area contributed by atoms with Crippen LogP contribution in [0.3, 0.4) is 0 Å². The lowest BCUT2D eigenvalue weighted by atomic mass is 10.1. The molecule has 0 amide bonds. The summed E-state index contributed by atoms with van der Waals surface area (Å²) in [4.78, 5) is 0. The molecule has 0 saturated carbocycles. The smallest absolute Gasteiger partial charge is 0.0690 e. The van der Waals surface area contributed by atoms with Gasteiger partial charge in [-0.05, 0) is 24.1 Å². The van der Waals surface area contributed by atoms with Crippen molar-refractivity contribution in [1.82, 2.24) is 15.1 Å². The molecule has 1 N–H and O–H groups in total. The second-order valence-electron chi connectivity index (χ2n) is 4.52. The zero-order valence-electron chi connectivity index (χ0n) is 11.5. The van der Waals surface area contributed by atoms with Gasteiger partial charge in [-0.2, -0.15) is 5.10 Å². The summed E-state index contributed by atoms with van der Waals surface area (Å²) in [7, 11) is 1.74. The van der Waals surface area contributed by atoms with Crippen molar-refractivity contribution < 1.29 is 4.74 Å². The van der Waals surface area contributed by atoms with E-state index in [2.05, 4.69) is 35.5 Å². The molecule has 1 heterocycles. The Morgan fingerprint density at radius 1 is 1.32 bits per heavy atom. The average molecular weight is 259 g/mol. The normalized spacial score (nSPS) is 12.5. The molecule has 1 aromatic carbocycles. The Labute approximate surface area is 114 Å². The fraction of sp³-hybridized carbons (Fsp3) is 0.400. The van der Waals surface area contributed by atoms with Gasteiger partial charge in [0.1, 0.15) is 0 Å². The Morgan fingerprint density at radius 3 is 2.84 bits per heavy atom. The highest BCUT2D eigenvalue weighted by Gasteiger charge is 2.08. The number of methoxy groups -OCH3 is 1. The number of nitrogens with zero attached hydrogens (tertiary/aromatic N) is 2. The third-order valence-corrected chi connectivity index (χ3v) is 3.18. The molecule has 2 rings (SSSR count). The van der Waals surface area contributed by atoms with E-state index in [1.807, 2.05) is 23.0 Å². The second kappa shape index (κ2) is 7.07. The minimum Gasteiger partial charge on any atom is -0.383 e. The molecule has 4 nitrogen and oxygen atoms in total. The van der Waals surface area contributed by atoms with Crippen molar-refractivity contribution >= 4 is 0 Å². The Hall–Kier alpha value is -1.65. The number of benzene rings is 1. The highest BCUT2D eigenvalue weighted by atomic mass is 16.5. The van der Waals surface area contributed by atoms with Crippen molar-refractivity contribution in [3.63, 3.8) is 0 Å². The summed E-state index contributed by atoms with van der Waals surface area (Å²) in [5, 5.41) is 7.82. The molecule has 1 aromatic heterocycles. The maximum atomic E-state index is 5.21. The minimum atomic E-state index is 0.385. The molecule has 1 atom stereocenters. The molecule has 102 valence electrons. The van der Waals surface area contributed by atoms with E-state index in [4.69, 9.17) is 4.74 Å². The van der Waals surface area contributed by atoms with Crippen LogP contribution in [0.25, 0.3) is 5.69 Å². The van der Waals surface area contributed by atoms with Crippen LogP contribution in [0.4, 0.5) is 0 Å². The predicted octanol–water partition coefficient (Wildman–Crippen LogP) is 2.39. The number of aromatic nitrogens is 2. The van der Waals surface area contributed by atoms with Gasteiger partial charge < -0.3 is 10.1 Å². The Kier molecular flexibility index (Phi) is 5.12. The lowest BCUT2D eigenvalue weighted by Crippen LogP contribution is -2.32. The summed E-state index contributed by atoms with van der Waals surface area (Å²) in [6.45, 7) is 3.72. The second-order valence-corrected chi connectivity index (χ2v) is 4.52. The zero-order valence-corrected chi connectivity index (χ0v) is 11.5. The summed E-state index contributed by atoms with van der Waals surface area (Å²) in [5.41, 5.74) is 2.35. The maximum absolute atomic E-state index is 5.21. The van der Waals surface area contributed by atoms with Crippen molar-refractivity contribution in [2.24, 2.45) is 0 Å². The third kappa shape index (κ3) is 3.66. The number of hydrogen-bond acceptors (Lipinski definition) is 3. The summed E-state index contributed by atoms with van der Waals surface area (Å²) in [5.74, 6) is 0. The van der Waals surface area contributed by atoms with E-state index < -0.39 is 0 Å². The molecule has 0 aliphatic heterocycles. The fourth-order valence-corrected chi connectivity index (χ4v) is 2.07. The summed E-state index contributed by atoms with van der Waals surface area (Å²) >= 11 is 0. The Balaban J connectivity index is 2.08. The molecule has 0 saturated heterocycles. The van der Waals surface area contributed by atoms with Gasteiger partial charge in [-0.3, -0.25) is 0 Å². The number of para-hydroxylation sites is 1. The first-order chi connectivity index (χ1) is 9.35. The Morgan fingerprint density at radius 2 is 2.16 bits per heavy atom. The minimum absolute atomic E-state index is 0.385. The molecule has 0 spiro atoms. The van der Waals surface area contributed by atoms with Gasteiger partial charge in [0, 0.05) is 32.1 Å². The standard InChI is InChI=1S/C15H21N3O/c1-3-14(12-19-2)16-11-13-7-4-5-8-15(13)18-10-6-9-17-18/h4-10,14,16H,3,11-12H2,1-2H3. The van der Waals surface area contributed by atoms with Gasteiger partial charge in [0.15, 0.2) is 0 Å². The van der Waals surface area contributed by atoms with Gasteiger partial charge in [-0.25, -0.2) is 4.68 Å². The van der Waals surface area contributed by atoms with Crippen LogP contribution >= 0.6 is 0 Å². The van der Waals surface area contributed by atoms with E-state index in [1.165, 1.54) is 5.56 Å². The maximum Gasteiger partial charge on any atom is 0.0690 e. The highest BCUT2D eigenvalue weighted by molar-refractivity contribution is 5.40. The lowest BCUT2D eigenvalue weighted by molar-refractivity contribution is 0.164. The molecule has 0 bridgehead atoms. The largest absolute Gasteiger partial charge is 0.383 e. The molecule has 2 aromatic rings. The van der Waals surface area contributed by atoms with Gasteiger partial charge in [0.05, 0.1) is 12.3 Å². The molecular weight excluding hydrogens is 238 g/mol. The van der Waals surface area contributed by atoms with Crippen LogP contribution in [-0.2, 0) is 11.3 Å². The van der Waals surface area contributed by atoms with E-state index in [0.29, 0.717) is 6.04 Å². The molecule has 0 fully saturated rings. The molecule has 19 heavy (non-hydrogen) atoms. The Bertz CT molecular complexity index is 482. The van der Waals surface area contributed by atoms with Crippen LogP contribution < -0.4 is 5.32 Å². The van der Waals surface area contributed by atoms with Crippen LogP contribution in [-0.4, -0.2) is 29.5 Å². The van der Waals surface area contributed by atoms with E-state index in [-0.39, 0.29) is 0 Å². The van der Waals surface area contributed by atoms with E-state index in [9.17, 15) is 0 Å². The van der Waals surface area contributed by atoms with Gasteiger partial charge >= 0.3 is 0 Å². The first kappa shape index (κ1) is 13.8. The summed E-state index contributed by atoms with van der Waals surface area (Å²) < 4.78 is 7.10. The summed E-state index contributed by atoms with van der Waals surface area (Å²) in [6.07, 6.45) is 4.81. The molecule has 1 unspecified atom stereocenters. The monoisotopic (exact) mass is 259 g/mol. The third-order valence-electron chi connectivity index (χ3n) is 3.18. The lowest BCUT2D eigenvalue weighted by Gasteiger charge is -2.17. The zero-order chi connectivity index (χ0) is 13.5. The van der Waals surface area contributed by atoms with Crippen molar-refractivity contribution in [3.05, 3.63) is 48.3 Å². The summed E-state index contributed by atoms with van der Waals surface area (Å²) in [6, 6.07) is 10.6. The van der Waals surface area contributed by atoms with Crippen molar-refractivity contribution in [1.29, 1.82) is 0 Å². The first-order valence-electron chi connectivity index (χ1n) is 6.65. The van der Waals surface area contributed by atoms with Crippen LogP contribution in [0, 0.1) is 0 Å². The van der Waals surface area contributed by atoms with E-state index in [1.54, 1.807) is 13.3 Å². The van der Waals surface area contributed by atoms with Crippen molar-refractivity contribution in [2.75, 3.05) is 13.7 Å². The average Bonchev–Trinajstić information content (AvgIpc) is 2.98. The van der Waals surface area contributed by atoms with Gasteiger partial charge in [-0.1, -0.05) is 25.1 Å². The first-order valence-corrected chi connectivity index (χ1v) is 6.65. The van der Waals surface area contributed by atoms with Crippen molar-refractivity contribution in [3.8, 4) is 5.69 Å². The van der Waals surface area contributed by atoms with Crippen molar-refractivity contribution in [2.45, 2.75) is 25.9 Å². The quantitative estimate of drug-likeness (QED) is 0.830. The van der Waals surface area contributed by atoms with Gasteiger partial charge in [0.25, 0.3) is 0 Å². The van der Waals surface area contributed by atoms with Crippen LogP contribution in [0.15, 0.2) is 42.7 Å². The van der Waals surface area contributed by atoms with Gasteiger partial charge in [-0.15, -0.1) is 0 Å². The number of hydrogen-bond donors (Lipinski definition) is 1. The van der Waals surface area contributed by atoms with Crippen LogP contribution in [0.5, 0.6) is 0 Å². The molecular formula is C15H21N3O. The fourth-order valence-electron chi connectivity index (χ4n) is 2.07. The molecule has 0 aliphatic rings. The van der Waals surface area contributed by atoms with E-state index in [0.717, 1.165) is 25.3 Å². The van der Waals surface area contributed by atoms with Crippen LogP contribution in [0.2, 0.25) is 0 Å². The number of nitrogens with one attached hydrogen (secondary N) is 1. The topological polar surface area (TPSA) is 39.1 Å². The van der Waals surface area contributed by atoms with Gasteiger partial charge in [0.2, 0.25) is 0 Å².